The minimum atomic E-state index is -0.803. The summed E-state index contributed by atoms with van der Waals surface area (Å²) < 4.78 is 0. The Kier molecular flexibility index (Phi) is 2.65. The van der Waals surface area contributed by atoms with Gasteiger partial charge >= 0.3 is 5.97 Å². The topological polar surface area (TPSA) is 60.9 Å². The maximum Gasteiger partial charge on any atom is 0.303 e. The van der Waals surface area contributed by atoms with Crippen LogP contribution in [0.3, 0.4) is 0 Å². The molecule has 2 heterocycles. The lowest BCUT2D eigenvalue weighted by Crippen LogP contribution is -2.51. The molecule has 0 aliphatic carbocycles. The summed E-state index contributed by atoms with van der Waals surface area (Å²) in [6.07, 6.45) is 0.519. The molecule has 0 saturated carbocycles. The molecule has 5 nitrogen and oxygen atoms in total. The van der Waals surface area contributed by atoms with E-state index in [1.807, 2.05) is 11.9 Å². The van der Waals surface area contributed by atoms with E-state index < -0.39 is 5.97 Å². The number of aliphatic carboxylic acids is 1. The molecule has 15 heavy (non-hydrogen) atoms. The highest BCUT2D eigenvalue weighted by molar-refractivity contribution is 5.81. The van der Waals surface area contributed by atoms with Crippen molar-refractivity contribution in [1.82, 2.24) is 9.80 Å². The average molecular weight is 212 g/mol. The molecule has 2 saturated heterocycles. The predicted molar refractivity (Wildman–Crippen MR) is 53.4 cm³/mol. The molecular weight excluding hydrogens is 196 g/mol. The molecule has 5 heteroatoms. The Balaban J connectivity index is 2.08. The molecule has 2 fully saturated rings. The van der Waals surface area contributed by atoms with Crippen LogP contribution in [0, 0.1) is 5.92 Å². The number of nitrogens with zero attached hydrogens (tertiary/aromatic N) is 2. The first-order valence-electron chi connectivity index (χ1n) is 5.27. The highest BCUT2D eigenvalue weighted by Crippen LogP contribution is 2.30. The lowest BCUT2D eigenvalue weighted by molar-refractivity contribution is -0.138. The van der Waals surface area contributed by atoms with Crippen LogP contribution in [0.4, 0.5) is 0 Å². The first kappa shape index (κ1) is 10.4. The Morgan fingerprint density at radius 3 is 2.93 bits per heavy atom. The second-order valence-corrected chi connectivity index (χ2v) is 4.48. The van der Waals surface area contributed by atoms with E-state index in [0.717, 1.165) is 19.6 Å². The third-order valence-electron chi connectivity index (χ3n) is 3.36. The van der Waals surface area contributed by atoms with E-state index in [2.05, 4.69) is 4.90 Å². The molecule has 1 amide bonds. The van der Waals surface area contributed by atoms with Gasteiger partial charge in [0, 0.05) is 32.1 Å². The Labute approximate surface area is 88.6 Å². The maximum absolute atomic E-state index is 11.6. The van der Waals surface area contributed by atoms with Gasteiger partial charge in [-0.05, 0) is 13.0 Å². The largest absolute Gasteiger partial charge is 0.481 e. The Hall–Kier alpha value is -1.10. The zero-order chi connectivity index (χ0) is 11.0. The van der Waals surface area contributed by atoms with E-state index in [4.69, 9.17) is 5.11 Å². The van der Waals surface area contributed by atoms with Gasteiger partial charge in [0.1, 0.15) is 0 Å². The van der Waals surface area contributed by atoms with Crippen LogP contribution in [0.25, 0.3) is 0 Å². The smallest absolute Gasteiger partial charge is 0.303 e. The number of amides is 1. The van der Waals surface area contributed by atoms with Crippen LogP contribution in [0.1, 0.15) is 12.8 Å². The van der Waals surface area contributed by atoms with Gasteiger partial charge in [-0.25, -0.2) is 0 Å². The summed E-state index contributed by atoms with van der Waals surface area (Å²) in [6, 6.07) is 0.118. The second-order valence-electron chi connectivity index (χ2n) is 4.48. The number of carbonyl (C=O) groups is 2. The van der Waals surface area contributed by atoms with Crippen LogP contribution in [0.15, 0.2) is 0 Å². The van der Waals surface area contributed by atoms with Gasteiger partial charge in [-0.15, -0.1) is 0 Å². The molecule has 0 aromatic heterocycles. The zero-order valence-corrected chi connectivity index (χ0v) is 8.85. The Bertz CT molecular complexity index is 292. The molecule has 0 aromatic rings. The first-order valence-corrected chi connectivity index (χ1v) is 5.27. The van der Waals surface area contributed by atoms with Crippen molar-refractivity contribution in [1.29, 1.82) is 0 Å². The lowest BCUT2D eigenvalue weighted by Gasteiger charge is -2.37. The van der Waals surface area contributed by atoms with Gasteiger partial charge in [-0.2, -0.15) is 0 Å². The number of likely N-dealkylation sites (N-methyl/N-ethyl adjacent to an activating group) is 1. The van der Waals surface area contributed by atoms with Crippen LogP contribution in [-0.2, 0) is 9.59 Å². The minimum absolute atomic E-state index is 0.00208. The molecular formula is C10H16N2O3. The highest BCUT2D eigenvalue weighted by Gasteiger charge is 2.42. The summed E-state index contributed by atoms with van der Waals surface area (Å²) in [6.45, 7) is 2.45. The summed E-state index contributed by atoms with van der Waals surface area (Å²) in [5.74, 6) is -0.681. The summed E-state index contributed by atoms with van der Waals surface area (Å²) >= 11 is 0. The van der Waals surface area contributed by atoms with Crippen molar-refractivity contribution in [3.05, 3.63) is 0 Å². The van der Waals surface area contributed by atoms with E-state index in [1.54, 1.807) is 0 Å². The van der Waals surface area contributed by atoms with Crippen molar-refractivity contribution >= 4 is 11.9 Å². The van der Waals surface area contributed by atoms with Crippen LogP contribution in [0.2, 0.25) is 0 Å². The number of fused-ring (bicyclic) bond motifs is 1. The summed E-state index contributed by atoms with van der Waals surface area (Å²) in [5.41, 5.74) is 0. The molecule has 1 N–H and O–H groups in total. The van der Waals surface area contributed by atoms with Crippen LogP contribution < -0.4 is 0 Å². The minimum Gasteiger partial charge on any atom is -0.481 e. The molecule has 0 radical (unpaired) electrons. The lowest BCUT2D eigenvalue weighted by atomic mass is 9.95. The second kappa shape index (κ2) is 3.81. The van der Waals surface area contributed by atoms with Crippen LogP contribution >= 0.6 is 0 Å². The molecule has 0 bridgehead atoms. The Morgan fingerprint density at radius 2 is 2.27 bits per heavy atom. The third-order valence-corrected chi connectivity index (χ3v) is 3.36. The monoisotopic (exact) mass is 212 g/mol. The normalized spacial score (nSPS) is 31.8. The van der Waals surface area contributed by atoms with Crippen molar-refractivity contribution in [2.45, 2.75) is 18.9 Å². The molecule has 2 atom stereocenters. The van der Waals surface area contributed by atoms with Crippen molar-refractivity contribution < 1.29 is 14.7 Å². The zero-order valence-electron chi connectivity index (χ0n) is 8.85. The van der Waals surface area contributed by atoms with Gasteiger partial charge in [-0.3, -0.25) is 9.59 Å². The van der Waals surface area contributed by atoms with E-state index in [-0.39, 0.29) is 24.3 Å². The molecule has 0 spiro atoms. The first-order chi connectivity index (χ1) is 7.08. The van der Waals surface area contributed by atoms with Crippen molar-refractivity contribution in [3.8, 4) is 0 Å². The fourth-order valence-corrected chi connectivity index (χ4v) is 2.58. The number of piperazine rings is 1. The summed E-state index contributed by atoms with van der Waals surface area (Å²) in [4.78, 5) is 26.3. The van der Waals surface area contributed by atoms with E-state index >= 15 is 0 Å². The number of rotatable bonds is 2. The van der Waals surface area contributed by atoms with Gasteiger partial charge in [0.2, 0.25) is 5.91 Å². The quantitative estimate of drug-likeness (QED) is 0.678. The van der Waals surface area contributed by atoms with Crippen molar-refractivity contribution in [2.24, 2.45) is 5.92 Å². The number of carboxylic acid groups (broad SMARTS) is 1. The summed E-state index contributed by atoms with van der Waals surface area (Å²) in [5, 5.41) is 8.77. The van der Waals surface area contributed by atoms with Crippen molar-refractivity contribution in [2.75, 3.05) is 26.7 Å². The maximum atomic E-state index is 11.6. The molecule has 84 valence electrons. The SMILES string of the molecule is CN1CCN2C(=O)CC(CC(=O)O)C2C1. The molecule has 2 aliphatic heterocycles. The van der Waals surface area contributed by atoms with E-state index in [1.165, 1.54) is 0 Å². The molecule has 0 aromatic carbocycles. The van der Waals surface area contributed by atoms with Crippen LogP contribution in [-0.4, -0.2) is 59.5 Å². The predicted octanol–water partition coefficient (Wildman–Crippen LogP) is -0.376. The average Bonchev–Trinajstić information content (AvgIpc) is 2.42. The highest BCUT2D eigenvalue weighted by atomic mass is 16.4. The number of hydrogen-bond donors (Lipinski definition) is 1. The van der Waals surface area contributed by atoms with Crippen LogP contribution in [0.5, 0.6) is 0 Å². The fraction of sp³-hybridized carbons (Fsp3) is 0.800. The van der Waals surface area contributed by atoms with Gasteiger partial charge in [0.15, 0.2) is 0 Å². The third kappa shape index (κ3) is 1.97. The Morgan fingerprint density at radius 1 is 1.53 bits per heavy atom. The number of carbonyl (C=O) groups excluding carboxylic acids is 1. The van der Waals surface area contributed by atoms with E-state index in [0.29, 0.717) is 6.42 Å². The number of carboxylic acids is 1. The van der Waals surface area contributed by atoms with Gasteiger partial charge in [-0.1, -0.05) is 0 Å². The van der Waals surface area contributed by atoms with Gasteiger partial charge in [0.05, 0.1) is 6.42 Å². The van der Waals surface area contributed by atoms with E-state index in [9.17, 15) is 9.59 Å². The van der Waals surface area contributed by atoms with Gasteiger partial charge < -0.3 is 14.9 Å². The van der Waals surface area contributed by atoms with Gasteiger partial charge in [0.25, 0.3) is 0 Å². The molecule has 2 aliphatic rings. The standard InChI is InChI=1S/C10H16N2O3/c1-11-2-3-12-8(6-11)7(4-9(12)13)5-10(14)15/h7-8H,2-6H2,1H3,(H,14,15). The molecule has 2 unspecified atom stereocenters. The number of hydrogen-bond acceptors (Lipinski definition) is 3. The van der Waals surface area contributed by atoms with Crippen molar-refractivity contribution in [3.63, 3.8) is 0 Å². The summed E-state index contributed by atoms with van der Waals surface area (Å²) in [7, 11) is 2.01. The molecule has 2 rings (SSSR count). The fourth-order valence-electron chi connectivity index (χ4n) is 2.58.